The number of benzene rings is 1. The summed E-state index contributed by atoms with van der Waals surface area (Å²) < 4.78 is 0.552. The molecule has 0 amide bonds. The van der Waals surface area contributed by atoms with Gasteiger partial charge < -0.3 is 10.1 Å². The van der Waals surface area contributed by atoms with Crippen LogP contribution < -0.4 is 0 Å². The lowest BCUT2D eigenvalue weighted by Crippen LogP contribution is -1.96. The highest BCUT2D eigenvalue weighted by molar-refractivity contribution is 9.10. The summed E-state index contributed by atoms with van der Waals surface area (Å²) in [5.41, 5.74) is 0.851. The van der Waals surface area contributed by atoms with Crippen LogP contribution in [0.5, 0.6) is 0 Å². The molecular weight excluding hydrogens is 269 g/mol. The van der Waals surface area contributed by atoms with Gasteiger partial charge in [-0.2, -0.15) is 0 Å². The molecule has 0 aliphatic heterocycles. The van der Waals surface area contributed by atoms with Crippen molar-refractivity contribution >= 4 is 44.4 Å². The lowest BCUT2D eigenvalue weighted by molar-refractivity contribution is 0.0690. The van der Waals surface area contributed by atoms with E-state index in [1.165, 1.54) is 0 Å². The van der Waals surface area contributed by atoms with Gasteiger partial charge in [0.05, 0.1) is 4.47 Å². The Hall–Kier alpha value is -1.000. The number of halogens is 2. The number of aromatic amines is 1. The van der Waals surface area contributed by atoms with E-state index in [2.05, 4.69) is 20.9 Å². The summed E-state index contributed by atoms with van der Waals surface area (Å²) in [5.74, 6) is -0.996. The lowest BCUT2D eigenvalue weighted by atomic mass is 10.2. The summed E-state index contributed by atoms with van der Waals surface area (Å²) in [5, 5.41) is 10.2. The van der Waals surface area contributed by atoms with E-state index in [1.54, 1.807) is 18.2 Å². The SMILES string of the molecule is O=C(O)c1[nH]c2cc(Cl)ccc2c1Br. The molecule has 1 aromatic carbocycles. The van der Waals surface area contributed by atoms with Gasteiger partial charge in [0.15, 0.2) is 0 Å². The van der Waals surface area contributed by atoms with E-state index in [0.717, 1.165) is 5.39 Å². The van der Waals surface area contributed by atoms with Gasteiger partial charge in [-0.1, -0.05) is 17.7 Å². The number of fused-ring (bicyclic) bond motifs is 1. The normalized spacial score (nSPS) is 10.7. The number of hydrogen-bond donors (Lipinski definition) is 2. The highest BCUT2D eigenvalue weighted by Gasteiger charge is 2.14. The van der Waals surface area contributed by atoms with Crippen LogP contribution in [0.25, 0.3) is 10.9 Å². The van der Waals surface area contributed by atoms with Gasteiger partial charge in [0, 0.05) is 15.9 Å². The monoisotopic (exact) mass is 273 g/mol. The van der Waals surface area contributed by atoms with Gasteiger partial charge in [-0.25, -0.2) is 4.79 Å². The van der Waals surface area contributed by atoms with Crippen molar-refractivity contribution in [1.82, 2.24) is 4.98 Å². The van der Waals surface area contributed by atoms with Crippen molar-refractivity contribution < 1.29 is 9.90 Å². The van der Waals surface area contributed by atoms with E-state index in [9.17, 15) is 4.79 Å². The minimum atomic E-state index is -0.996. The first kappa shape index (κ1) is 9.55. The number of carboxylic acid groups (broad SMARTS) is 1. The molecule has 2 rings (SSSR count). The van der Waals surface area contributed by atoms with Crippen molar-refractivity contribution in [2.45, 2.75) is 0 Å². The highest BCUT2D eigenvalue weighted by atomic mass is 79.9. The fourth-order valence-electron chi connectivity index (χ4n) is 1.28. The Morgan fingerprint density at radius 2 is 2.21 bits per heavy atom. The third-order valence-corrected chi connectivity index (χ3v) is 2.97. The molecule has 0 aliphatic carbocycles. The van der Waals surface area contributed by atoms with Crippen molar-refractivity contribution in [1.29, 1.82) is 0 Å². The van der Waals surface area contributed by atoms with Crippen molar-refractivity contribution in [3.63, 3.8) is 0 Å². The van der Waals surface area contributed by atoms with Crippen LogP contribution in [0.15, 0.2) is 22.7 Å². The summed E-state index contributed by atoms with van der Waals surface area (Å²) in [6, 6.07) is 5.17. The third kappa shape index (κ3) is 1.40. The second-order valence-corrected chi connectivity index (χ2v) is 4.04. The number of rotatable bonds is 1. The predicted octanol–water partition coefficient (Wildman–Crippen LogP) is 3.28. The van der Waals surface area contributed by atoms with E-state index >= 15 is 0 Å². The molecule has 0 saturated heterocycles. The van der Waals surface area contributed by atoms with Crippen molar-refractivity contribution in [3.05, 3.63) is 33.4 Å². The number of carboxylic acids is 1. The van der Waals surface area contributed by atoms with Crippen molar-refractivity contribution in [3.8, 4) is 0 Å². The maximum atomic E-state index is 10.8. The van der Waals surface area contributed by atoms with E-state index in [-0.39, 0.29) is 5.69 Å². The Kier molecular flexibility index (Phi) is 2.25. The first-order valence-electron chi connectivity index (χ1n) is 3.79. The highest BCUT2D eigenvalue weighted by Crippen LogP contribution is 2.29. The van der Waals surface area contributed by atoms with Crippen LogP contribution in [0.1, 0.15) is 10.5 Å². The molecule has 0 bridgehead atoms. The van der Waals surface area contributed by atoms with Crippen molar-refractivity contribution in [2.24, 2.45) is 0 Å². The summed E-state index contributed by atoms with van der Waals surface area (Å²) >= 11 is 9.00. The van der Waals surface area contributed by atoms with Gasteiger partial charge in [0.25, 0.3) is 0 Å². The molecule has 0 aliphatic rings. The molecule has 0 spiro atoms. The number of carbonyl (C=O) groups is 1. The molecule has 0 saturated carbocycles. The Morgan fingerprint density at radius 1 is 1.50 bits per heavy atom. The molecule has 2 N–H and O–H groups in total. The van der Waals surface area contributed by atoms with Gasteiger partial charge in [0.1, 0.15) is 5.69 Å². The molecular formula is C9H5BrClNO2. The average Bonchev–Trinajstić information content (AvgIpc) is 2.43. The number of aromatic carboxylic acids is 1. The maximum absolute atomic E-state index is 10.8. The zero-order valence-corrected chi connectivity index (χ0v) is 9.19. The topological polar surface area (TPSA) is 53.1 Å². The Morgan fingerprint density at radius 3 is 2.86 bits per heavy atom. The Balaban J connectivity index is 2.79. The predicted molar refractivity (Wildman–Crippen MR) is 58.0 cm³/mol. The number of nitrogens with one attached hydrogen (secondary N) is 1. The van der Waals surface area contributed by atoms with Crippen molar-refractivity contribution in [2.75, 3.05) is 0 Å². The van der Waals surface area contributed by atoms with Gasteiger partial charge in [-0.15, -0.1) is 0 Å². The Labute approximate surface area is 92.8 Å². The van der Waals surface area contributed by atoms with E-state index in [0.29, 0.717) is 15.0 Å². The van der Waals surface area contributed by atoms with Crippen LogP contribution in [0.3, 0.4) is 0 Å². The molecule has 0 unspecified atom stereocenters. The molecule has 0 radical (unpaired) electrons. The summed E-state index contributed by atoms with van der Waals surface area (Å²) in [6.07, 6.45) is 0. The first-order valence-corrected chi connectivity index (χ1v) is 4.96. The van der Waals surface area contributed by atoms with Crippen LogP contribution in [-0.2, 0) is 0 Å². The molecule has 1 heterocycles. The molecule has 14 heavy (non-hydrogen) atoms. The van der Waals surface area contributed by atoms with E-state index in [1.807, 2.05) is 0 Å². The third-order valence-electron chi connectivity index (χ3n) is 1.91. The van der Waals surface area contributed by atoms with E-state index in [4.69, 9.17) is 16.7 Å². The minimum absolute atomic E-state index is 0.141. The largest absolute Gasteiger partial charge is 0.477 e. The van der Waals surface area contributed by atoms with Crippen LogP contribution in [0.4, 0.5) is 0 Å². The zero-order chi connectivity index (χ0) is 10.3. The van der Waals surface area contributed by atoms with Gasteiger partial charge in [0.2, 0.25) is 0 Å². The van der Waals surface area contributed by atoms with E-state index < -0.39 is 5.97 Å². The fourth-order valence-corrected chi connectivity index (χ4v) is 2.07. The number of aromatic nitrogens is 1. The second kappa shape index (κ2) is 3.29. The molecule has 3 nitrogen and oxygen atoms in total. The van der Waals surface area contributed by atoms with Crippen LogP contribution >= 0.6 is 27.5 Å². The molecule has 0 fully saturated rings. The molecule has 72 valence electrons. The molecule has 0 atom stereocenters. The first-order chi connectivity index (χ1) is 6.59. The van der Waals surface area contributed by atoms with Crippen LogP contribution in [0.2, 0.25) is 5.02 Å². The summed E-state index contributed by atoms with van der Waals surface area (Å²) in [7, 11) is 0. The molecule has 1 aromatic heterocycles. The molecule has 5 heteroatoms. The average molecular weight is 275 g/mol. The summed E-state index contributed by atoms with van der Waals surface area (Å²) in [4.78, 5) is 13.6. The summed E-state index contributed by atoms with van der Waals surface area (Å²) in [6.45, 7) is 0. The smallest absolute Gasteiger partial charge is 0.353 e. The fraction of sp³-hybridized carbons (Fsp3) is 0. The van der Waals surface area contributed by atoms with Gasteiger partial charge in [-0.05, 0) is 28.1 Å². The maximum Gasteiger partial charge on any atom is 0.353 e. The second-order valence-electron chi connectivity index (χ2n) is 2.81. The van der Waals surface area contributed by atoms with Gasteiger partial charge in [-0.3, -0.25) is 0 Å². The van der Waals surface area contributed by atoms with Crippen LogP contribution in [0, 0.1) is 0 Å². The number of hydrogen-bond acceptors (Lipinski definition) is 1. The zero-order valence-electron chi connectivity index (χ0n) is 6.84. The van der Waals surface area contributed by atoms with Crippen LogP contribution in [-0.4, -0.2) is 16.1 Å². The molecule has 2 aromatic rings. The minimum Gasteiger partial charge on any atom is -0.477 e. The van der Waals surface area contributed by atoms with Gasteiger partial charge >= 0.3 is 5.97 Å². The Bertz CT molecular complexity index is 521. The standard InChI is InChI=1S/C9H5BrClNO2/c10-7-5-2-1-4(11)3-6(5)12-8(7)9(13)14/h1-3,12H,(H,13,14). The number of H-pyrrole nitrogens is 1. The quantitative estimate of drug-likeness (QED) is 0.838. The lowest BCUT2D eigenvalue weighted by Gasteiger charge is -1.90.